The molecule has 4 heteroatoms. The molecule has 0 amide bonds. The second-order valence-corrected chi connectivity index (χ2v) is 4.75. The lowest BCUT2D eigenvalue weighted by atomic mass is 10.1. The predicted octanol–water partition coefficient (Wildman–Crippen LogP) is 2.53. The van der Waals surface area contributed by atoms with Crippen molar-refractivity contribution < 1.29 is 4.92 Å². The highest BCUT2D eigenvalue weighted by Crippen LogP contribution is 2.32. The molecule has 1 atom stereocenters. The average molecular weight is 234 g/mol. The summed E-state index contributed by atoms with van der Waals surface area (Å²) in [6, 6.07) is 7.41. The molecule has 1 aromatic rings. The Morgan fingerprint density at radius 3 is 2.59 bits per heavy atom. The van der Waals surface area contributed by atoms with Gasteiger partial charge in [0.15, 0.2) is 0 Å². The normalized spacial score (nSPS) is 16.8. The molecule has 1 aliphatic rings. The van der Waals surface area contributed by atoms with Crippen LogP contribution in [0.5, 0.6) is 0 Å². The van der Waals surface area contributed by atoms with Crippen LogP contribution in [0.4, 0.5) is 5.69 Å². The number of benzene rings is 1. The fourth-order valence-corrected chi connectivity index (χ4v) is 1.99. The summed E-state index contributed by atoms with van der Waals surface area (Å²) in [6.45, 7) is 3.17. The summed E-state index contributed by atoms with van der Waals surface area (Å²) in [4.78, 5) is 10.1. The summed E-state index contributed by atoms with van der Waals surface area (Å²) >= 11 is 0. The molecule has 1 aromatic carbocycles. The molecular weight excluding hydrogens is 216 g/mol. The van der Waals surface area contributed by atoms with E-state index in [1.165, 1.54) is 12.8 Å². The molecule has 0 spiro atoms. The van der Waals surface area contributed by atoms with Crippen molar-refractivity contribution in [3.05, 3.63) is 39.9 Å². The van der Waals surface area contributed by atoms with Crippen molar-refractivity contribution in [3.8, 4) is 0 Å². The second kappa shape index (κ2) is 5.27. The second-order valence-electron chi connectivity index (χ2n) is 4.75. The molecule has 92 valence electrons. The van der Waals surface area contributed by atoms with Gasteiger partial charge in [0.2, 0.25) is 0 Å². The van der Waals surface area contributed by atoms with Gasteiger partial charge in [0.1, 0.15) is 0 Å². The van der Waals surface area contributed by atoms with Crippen LogP contribution in [-0.2, 0) is 6.42 Å². The summed E-state index contributed by atoms with van der Waals surface area (Å²) in [5.74, 6) is 0.867. The molecule has 0 aliphatic heterocycles. The molecular formula is C13H18N2O2. The third kappa shape index (κ3) is 3.53. The lowest BCUT2D eigenvalue weighted by molar-refractivity contribution is -0.384. The zero-order chi connectivity index (χ0) is 12.3. The Morgan fingerprint density at radius 2 is 2.06 bits per heavy atom. The fraction of sp³-hybridized carbons (Fsp3) is 0.538. The zero-order valence-electron chi connectivity index (χ0n) is 10.1. The summed E-state index contributed by atoms with van der Waals surface area (Å²) in [6.07, 6.45) is 3.63. The first-order valence-electron chi connectivity index (χ1n) is 6.13. The Labute approximate surface area is 101 Å². The van der Waals surface area contributed by atoms with Gasteiger partial charge in [-0.05, 0) is 44.2 Å². The van der Waals surface area contributed by atoms with Gasteiger partial charge in [-0.2, -0.15) is 0 Å². The minimum atomic E-state index is -0.364. The van der Waals surface area contributed by atoms with Gasteiger partial charge < -0.3 is 5.32 Å². The van der Waals surface area contributed by atoms with E-state index < -0.39 is 0 Å². The van der Waals surface area contributed by atoms with Gasteiger partial charge in [-0.1, -0.05) is 12.1 Å². The first-order valence-corrected chi connectivity index (χ1v) is 6.13. The maximum Gasteiger partial charge on any atom is 0.269 e. The van der Waals surface area contributed by atoms with Crippen molar-refractivity contribution in [2.24, 2.45) is 5.92 Å². The van der Waals surface area contributed by atoms with E-state index in [0.717, 1.165) is 24.4 Å². The number of nitrogens with zero attached hydrogens (tertiary/aromatic N) is 1. The van der Waals surface area contributed by atoms with E-state index in [1.807, 2.05) is 12.1 Å². The van der Waals surface area contributed by atoms with E-state index in [1.54, 1.807) is 12.1 Å². The van der Waals surface area contributed by atoms with E-state index in [0.29, 0.717) is 6.04 Å². The average Bonchev–Trinajstić information content (AvgIpc) is 3.13. The summed E-state index contributed by atoms with van der Waals surface area (Å²) in [5.41, 5.74) is 1.30. The van der Waals surface area contributed by atoms with Crippen molar-refractivity contribution >= 4 is 5.69 Å². The van der Waals surface area contributed by atoms with Gasteiger partial charge in [-0.3, -0.25) is 10.1 Å². The summed E-state index contributed by atoms with van der Waals surface area (Å²) in [7, 11) is 0. The third-order valence-corrected chi connectivity index (χ3v) is 3.36. The van der Waals surface area contributed by atoms with E-state index in [2.05, 4.69) is 12.2 Å². The first kappa shape index (κ1) is 12.0. The number of hydrogen-bond donors (Lipinski definition) is 1. The topological polar surface area (TPSA) is 55.2 Å². The Balaban J connectivity index is 1.76. The number of non-ortho nitro benzene ring substituents is 1. The van der Waals surface area contributed by atoms with Crippen molar-refractivity contribution in [1.82, 2.24) is 5.32 Å². The molecule has 0 bridgehead atoms. The first-order chi connectivity index (χ1) is 8.16. The molecule has 1 saturated carbocycles. The Bertz CT molecular complexity index is 385. The Morgan fingerprint density at radius 1 is 1.41 bits per heavy atom. The van der Waals surface area contributed by atoms with Crippen LogP contribution in [0.3, 0.4) is 0 Å². The van der Waals surface area contributed by atoms with Crippen LogP contribution in [0.2, 0.25) is 0 Å². The highest BCUT2D eigenvalue weighted by Gasteiger charge is 2.27. The minimum absolute atomic E-state index is 0.160. The maximum atomic E-state index is 10.5. The van der Waals surface area contributed by atoms with Crippen LogP contribution in [0.1, 0.15) is 25.3 Å². The van der Waals surface area contributed by atoms with Gasteiger partial charge in [-0.15, -0.1) is 0 Å². The number of nitro benzene ring substituents is 1. The predicted molar refractivity (Wildman–Crippen MR) is 67.0 cm³/mol. The monoisotopic (exact) mass is 234 g/mol. The Hall–Kier alpha value is -1.42. The number of nitro groups is 1. The van der Waals surface area contributed by atoms with Crippen molar-refractivity contribution in [2.75, 3.05) is 6.54 Å². The van der Waals surface area contributed by atoms with E-state index in [4.69, 9.17) is 0 Å². The minimum Gasteiger partial charge on any atom is -0.314 e. The molecule has 17 heavy (non-hydrogen) atoms. The SMILES string of the molecule is CC(NCCc1ccc([N+](=O)[O-])cc1)C1CC1. The quantitative estimate of drug-likeness (QED) is 0.608. The molecule has 0 aromatic heterocycles. The number of rotatable bonds is 6. The van der Waals surface area contributed by atoms with Crippen molar-refractivity contribution in [1.29, 1.82) is 0 Å². The van der Waals surface area contributed by atoms with Crippen LogP contribution in [0.25, 0.3) is 0 Å². The molecule has 1 N–H and O–H groups in total. The third-order valence-electron chi connectivity index (χ3n) is 3.36. The molecule has 1 unspecified atom stereocenters. The molecule has 2 rings (SSSR count). The molecule has 0 saturated heterocycles. The van der Waals surface area contributed by atoms with E-state index >= 15 is 0 Å². The zero-order valence-corrected chi connectivity index (χ0v) is 10.1. The molecule has 1 fully saturated rings. The molecule has 4 nitrogen and oxygen atoms in total. The van der Waals surface area contributed by atoms with Crippen LogP contribution >= 0.6 is 0 Å². The van der Waals surface area contributed by atoms with Crippen molar-refractivity contribution in [3.63, 3.8) is 0 Å². The van der Waals surface area contributed by atoms with Crippen LogP contribution < -0.4 is 5.32 Å². The fourth-order valence-electron chi connectivity index (χ4n) is 1.99. The van der Waals surface area contributed by atoms with Gasteiger partial charge >= 0.3 is 0 Å². The summed E-state index contributed by atoms with van der Waals surface area (Å²) < 4.78 is 0. The van der Waals surface area contributed by atoms with Gasteiger partial charge in [0.25, 0.3) is 5.69 Å². The lowest BCUT2D eigenvalue weighted by Gasteiger charge is -2.12. The standard InChI is InChI=1S/C13H18N2O2/c1-10(12-4-5-12)14-9-8-11-2-6-13(7-3-11)15(16)17/h2-3,6-7,10,12,14H,4-5,8-9H2,1H3. The number of nitrogens with one attached hydrogen (secondary N) is 1. The van der Waals surface area contributed by atoms with Crippen LogP contribution in [0, 0.1) is 16.0 Å². The molecule has 0 heterocycles. The van der Waals surface area contributed by atoms with Crippen LogP contribution in [-0.4, -0.2) is 17.5 Å². The van der Waals surface area contributed by atoms with E-state index in [-0.39, 0.29) is 10.6 Å². The maximum absolute atomic E-state index is 10.5. The van der Waals surface area contributed by atoms with Gasteiger partial charge in [0, 0.05) is 18.2 Å². The van der Waals surface area contributed by atoms with Crippen molar-refractivity contribution in [2.45, 2.75) is 32.2 Å². The van der Waals surface area contributed by atoms with Gasteiger partial charge in [0.05, 0.1) is 4.92 Å². The smallest absolute Gasteiger partial charge is 0.269 e. The molecule has 0 radical (unpaired) electrons. The highest BCUT2D eigenvalue weighted by molar-refractivity contribution is 5.32. The molecule has 1 aliphatic carbocycles. The number of hydrogen-bond acceptors (Lipinski definition) is 3. The summed E-state index contributed by atoms with van der Waals surface area (Å²) in [5, 5.41) is 14.0. The lowest BCUT2D eigenvalue weighted by Crippen LogP contribution is -2.29. The largest absolute Gasteiger partial charge is 0.314 e. The van der Waals surface area contributed by atoms with Gasteiger partial charge in [-0.25, -0.2) is 0 Å². The Kier molecular flexibility index (Phi) is 3.74. The van der Waals surface area contributed by atoms with E-state index in [9.17, 15) is 10.1 Å². The highest BCUT2D eigenvalue weighted by atomic mass is 16.6. The van der Waals surface area contributed by atoms with Crippen LogP contribution in [0.15, 0.2) is 24.3 Å².